The van der Waals surface area contributed by atoms with E-state index in [1.54, 1.807) is 16.9 Å². The molecule has 138 valence electrons. The van der Waals surface area contributed by atoms with Crippen molar-refractivity contribution in [3.05, 3.63) is 45.8 Å². The lowest BCUT2D eigenvalue weighted by Gasteiger charge is -2.35. The van der Waals surface area contributed by atoms with Crippen LogP contribution in [0.3, 0.4) is 0 Å². The molecule has 0 radical (unpaired) electrons. The summed E-state index contributed by atoms with van der Waals surface area (Å²) >= 11 is 0. The first-order chi connectivity index (χ1) is 12.7. The van der Waals surface area contributed by atoms with Crippen molar-refractivity contribution in [1.29, 1.82) is 0 Å². The predicted octanol–water partition coefficient (Wildman–Crippen LogP) is 1.04. The third kappa shape index (κ3) is 3.77. The van der Waals surface area contributed by atoms with E-state index in [0.29, 0.717) is 6.54 Å². The molecule has 1 fully saturated rings. The Labute approximate surface area is 153 Å². The van der Waals surface area contributed by atoms with Crippen LogP contribution >= 0.6 is 0 Å². The van der Waals surface area contributed by atoms with Gasteiger partial charge in [0.25, 0.3) is 5.56 Å². The zero-order chi connectivity index (χ0) is 17.9. The van der Waals surface area contributed by atoms with Crippen LogP contribution in [0.15, 0.2) is 23.3 Å². The van der Waals surface area contributed by atoms with Crippen molar-refractivity contribution in [3.8, 4) is 0 Å². The van der Waals surface area contributed by atoms with Gasteiger partial charge in [-0.1, -0.05) is 0 Å². The minimum absolute atomic E-state index is 0.0410. The molecule has 0 atom stereocenters. The van der Waals surface area contributed by atoms with Gasteiger partial charge in [0.05, 0.1) is 24.1 Å². The zero-order valence-corrected chi connectivity index (χ0v) is 15.4. The van der Waals surface area contributed by atoms with E-state index >= 15 is 0 Å². The van der Waals surface area contributed by atoms with Crippen LogP contribution in [0.1, 0.15) is 29.8 Å². The highest BCUT2D eigenvalue weighted by Crippen LogP contribution is 2.17. The summed E-state index contributed by atoms with van der Waals surface area (Å²) < 4.78 is 1.66. The minimum atomic E-state index is 0.0410. The molecular formula is C19H26N6O. The van der Waals surface area contributed by atoms with Crippen LogP contribution in [0.2, 0.25) is 0 Å². The van der Waals surface area contributed by atoms with Crippen molar-refractivity contribution in [2.45, 2.75) is 39.2 Å². The quantitative estimate of drug-likeness (QED) is 0.817. The van der Waals surface area contributed by atoms with Crippen LogP contribution in [-0.4, -0.2) is 57.4 Å². The molecule has 7 heteroatoms. The van der Waals surface area contributed by atoms with Crippen LogP contribution in [0.25, 0.3) is 0 Å². The Morgan fingerprint density at radius 1 is 1.04 bits per heavy atom. The maximum atomic E-state index is 12.3. The van der Waals surface area contributed by atoms with Crippen LogP contribution in [0.5, 0.6) is 0 Å². The summed E-state index contributed by atoms with van der Waals surface area (Å²) in [5.74, 6) is 0.956. The molecule has 0 saturated carbocycles. The van der Waals surface area contributed by atoms with Crippen molar-refractivity contribution < 1.29 is 0 Å². The topological polar surface area (TPSA) is 67.2 Å². The number of nitrogens with zero attached hydrogens (tertiary/aromatic N) is 6. The van der Waals surface area contributed by atoms with Gasteiger partial charge in [0.2, 0.25) is 0 Å². The van der Waals surface area contributed by atoms with E-state index in [-0.39, 0.29) is 5.56 Å². The lowest BCUT2D eigenvalue weighted by Crippen LogP contribution is -2.48. The molecule has 0 aromatic carbocycles. The van der Waals surface area contributed by atoms with Crippen molar-refractivity contribution in [3.63, 3.8) is 0 Å². The number of rotatable bonds is 4. The van der Waals surface area contributed by atoms with E-state index in [1.807, 2.05) is 13.1 Å². The second kappa shape index (κ2) is 7.53. The fraction of sp³-hybridized carbons (Fsp3) is 0.579. The number of piperazine rings is 1. The molecule has 26 heavy (non-hydrogen) atoms. The third-order valence-corrected chi connectivity index (χ3v) is 5.34. The van der Waals surface area contributed by atoms with E-state index in [2.05, 4.69) is 24.9 Å². The second-order valence-corrected chi connectivity index (χ2v) is 7.23. The van der Waals surface area contributed by atoms with Gasteiger partial charge in [-0.2, -0.15) is 5.10 Å². The number of hydrogen-bond acceptors (Lipinski definition) is 6. The molecule has 2 aliphatic rings. The molecule has 0 amide bonds. The van der Waals surface area contributed by atoms with Gasteiger partial charge in [0.15, 0.2) is 0 Å². The molecule has 2 aromatic heterocycles. The van der Waals surface area contributed by atoms with E-state index < -0.39 is 0 Å². The molecule has 2 aromatic rings. The summed E-state index contributed by atoms with van der Waals surface area (Å²) in [4.78, 5) is 25.8. The normalized spacial score (nSPS) is 18.0. The van der Waals surface area contributed by atoms with Gasteiger partial charge in [-0.25, -0.2) is 9.67 Å². The van der Waals surface area contributed by atoms with Crippen LogP contribution in [0.4, 0.5) is 5.82 Å². The zero-order valence-electron chi connectivity index (χ0n) is 15.4. The molecule has 1 saturated heterocycles. The van der Waals surface area contributed by atoms with Crippen LogP contribution in [0, 0.1) is 6.92 Å². The molecule has 7 nitrogen and oxygen atoms in total. The number of aryl methyl sites for hydroxylation is 3. The van der Waals surface area contributed by atoms with Gasteiger partial charge in [0, 0.05) is 45.0 Å². The average Bonchev–Trinajstić information content (AvgIpc) is 2.67. The fourth-order valence-corrected chi connectivity index (χ4v) is 3.80. The van der Waals surface area contributed by atoms with E-state index in [1.165, 1.54) is 12.8 Å². The summed E-state index contributed by atoms with van der Waals surface area (Å²) in [6.07, 6.45) is 7.98. The minimum Gasteiger partial charge on any atom is -0.353 e. The first-order valence-corrected chi connectivity index (χ1v) is 9.55. The molecule has 4 rings (SSSR count). The monoisotopic (exact) mass is 354 g/mol. The van der Waals surface area contributed by atoms with Gasteiger partial charge in [-0.15, -0.1) is 0 Å². The summed E-state index contributed by atoms with van der Waals surface area (Å²) in [7, 11) is 0. The maximum absolute atomic E-state index is 12.3. The standard InChI is InChI=1S/C19H26N6O/c1-15-13-20-14-18(21-15)24-9-6-23(7-10-24)8-11-25-19(26)12-16-4-2-3-5-17(16)22-25/h12-14H,2-11H2,1H3. The van der Waals surface area contributed by atoms with Crippen molar-refractivity contribution >= 4 is 5.82 Å². The Bertz CT molecular complexity index is 825. The number of aromatic nitrogens is 4. The Hall–Kier alpha value is -2.28. The summed E-state index contributed by atoms with van der Waals surface area (Å²) in [6, 6.07) is 1.80. The van der Waals surface area contributed by atoms with Gasteiger partial charge in [-0.05, 0) is 38.2 Å². The molecule has 1 aliphatic heterocycles. The van der Waals surface area contributed by atoms with E-state index in [4.69, 9.17) is 0 Å². The highest BCUT2D eigenvalue weighted by molar-refractivity contribution is 5.36. The van der Waals surface area contributed by atoms with Gasteiger partial charge >= 0.3 is 0 Å². The predicted molar refractivity (Wildman–Crippen MR) is 101 cm³/mol. The highest BCUT2D eigenvalue weighted by Gasteiger charge is 2.19. The first-order valence-electron chi connectivity index (χ1n) is 9.55. The van der Waals surface area contributed by atoms with Crippen molar-refractivity contribution in [1.82, 2.24) is 24.6 Å². The largest absolute Gasteiger partial charge is 0.353 e. The first kappa shape index (κ1) is 17.1. The van der Waals surface area contributed by atoms with Gasteiger partial charge in [0.1, 0.15) is 5.82 Å². The van der Waals surface area contributed by atoms with Gasteiger partial charge < -0.3 is 4.90 Å². The molecule has 1 aliphatic carbocycles. The third-order valence-electron chi connectivity index (χ3n) is 5.34. The molecular weight excluding hydrogens is 328 g/mol. The van der Waals surface area contributed by atoms with Crippen molar-refractivity contribution in [2.75, 3.05) is 37.6 Å². The molecule has 3 heterocycles. The summed E-state index contributed by atoms with van der Waals surface area (Å²) in [6.45, 7) is 7.30. The Kier molecular flexibility index (Phi) is 4.97. The molecule has 0 N–H and O–H groups in total. The lowest BCUT2D eigenvalue weighted by molar-refractivity contribution is 0.241. The summed E-state index contributed by atoms with van der Waals surface area (Å²) in [5, 5.41) is 4.62. The second-order valence-electron chi connectivity index (χ2n) is 7.23. The fourth-order valence-electron chi connectivity index (χ4n) is 3.80. The SMILES string of the molecule is Cc1cncc(N2CCN(CCn3nc4c(cc3=O)CCCC4)CC2)n1. The Morgan fingerprint density at radius 2 is 1.85 bits per heavy atom. The highest BCUT2D eigenvalue weighted by atomic mass is 16.1. The number of fused-ring (bicyclic) bond motifs is 1. The maximum Gasteiger partial charge on any atom is 0.267 e. The summed E-state index contributed by atoms with van der Waals surface area (Å²) in [5.41, 5.74) is 3.27. The Morgan fingerprint density at radius 3 is 2.65 bits per heavy atom. The molecule has 0 unspecified atom stereocenters. The van der Waals surface area contributed by atoms with Crippen molar-refractivity contribution in [2.24, 2.45) is 0 Å². The number of hydrogen-bond donors (Lipinski definition) is 0. The number of anilines is 1. The average molecular weight is 354 g/mol. The van der Waals surface area contributed by atoms with Crippen LogP contribution in [-0.2, 0) is 19.4 Å². The Balaban J connectivity index is 1.33. The molecule has 0 spiro atoms. The molecule has 0 bridgehead atoms. The van der Waals surface area contributed by atoms with Crippen LogP contribution < -0.4 is 10.5 Å². The van der Waals surface area contributed by atoms with Gasteiger partial charge in [-0.3, -0.25) is 14.7 Å². The van der Waals surface area contributed by atoms with E-state index in [9.17, 15) is 4.79 Å². The smallest absolute Gasteiger partial charge is 0.267 e. The van der Waals surface area contributed by atoms with E-state index in [0.717, 1.165) is 68.3 Å². The lowest BCUT2D eigenvalue weighted by atomic mass is 9.97.